The van der Waals surface area contributed by atoms with Crippen LogP contribution in [0.25, 0.3) is 0 Å². The molecule has 2 rings (SSSR count). The van der Waals surface area contributed by atoms with Crippen molar-refractivity contribution in [2.24, 2.45) is 0 Å². The van der Waals surface area contributed by atoms with Gasteiger partial charge in [-0.25, -0.2) is 9.59 Å². The van der Waals surface area contributed by atoms with Crippen LogP contribution in [0.5, 0.6) is 0 Å². The first-order valence-corrected chi connectivity index (χ1v) is 8.55. The van der Waals surface area contributed by atoms with E-state index in [-0.39, 0.29) is 11.1 Å². The molecule has 0 aliphatic heterocycles. The van der Waals surface area contributed by atoms with Crippen LogP contribution in [-0.4, -0.2) is 48.4 Å². The zero-order valence-corrected chi connectivity index (χ0v) is 16.2. The van der Waals surface area contributed by atoms with Crippen LogP contribution in [0.3, 0.4) is 0 Å². The van der Waals surface area contributed by atoms with E-state index in [1.165, 1.54) is 4.90 Å². The van der Waals surface area contributed by atoms with Gasteiger partial charge in [0.1, 0.15) is 0 Å². The summed E-state index contributed by atoms with van der Waals surface area (Å²) in [5.41, 5.74) is 1.15. The van der Waals surface area contributed by atoms with Gasteiger partial charge >= 0.3 is 11.9 Å². The van der Waals surface area contributed by atoms with E-state index in [9.17, 15) is 24.5 Å². The predicted molar refractivity (Wildman–Crippen MR) is 102 cm³/mol. The number of rotatable bonds is 7. The lowest BCUT2D eigenvalue weighted by atomic mass is 10.1. The highest BCUT2D eigenvalue weighted by molar-refractivity contribution is 5.97. The van der Waals surface area contributed by atoms with Crippen molar-refractivity contribution in [3.05, 3.63) is 74.8 Å². The van der Waals surface area contributed by atoms with E-state index < -0.39 is 35.1 Å². The number of nitrogens with zero attached hydrogens (tertiary/aromatic N) is 2. The van der Waals surface area contributed by atoms with Crippen LogP contribution in [0, 0.1) is 17.0 Å². The summed E-state index contributed by atoms with van der Waals surface area (Å²) in [5, 5.41) is 11.0. The molecule has 0 fully saturated rings. The molecule has 29 heavy (non-hydrogen) atoms. The Balaban J connectivity index is 2.04. The van der Waals surface area contributed by atoms with Crippen molar-refractivity contribution in [1.82, 2.24) is 4.90 Å². The standard InChI is InChI=1S/C20H20N2O7/c1-13-4-6-14(7-5-13)11-21(2)18(23)12-29-20(25)16-8-15(19(24)28-3)9-17(10-16)22(26)27/h4-10H,11-12H2,1-3H3. The zero-order valence-electron chi connectivity index (χ0n) is 16.2. The van der Waals surface area contributed by atoms with Gasteiger partial charge in [0.05, 0.1) is 23.2 Å². The van der Waals surface area contributed by atoms with Gasteiger partial charge < -0.3 is 14.4 Å². The first kappa shape index (κ1) is 21.5. The number of aryl methyl sites for hydroxylation is 1. The van der Waals surface area contributed by atoms with E-state index in [1.54, 1.807) is 7.05 Å². The van der Waals surface area contributed by atoms with Gasteiger partial charge in [0.15, 0.2) is 6.61 Å². The Kier molecular flexibility index (Phi) is 7.02. The maximum Gasteiger partial charge on any atom is 0.338 e. The highest BCUT2D eigenvalue weighted by Gasteiger charge is 2.20. The molecule has 1 amide bonds. The molecule has 2 aromatic carbocycles. The van der Waals surface area contributed by atoms with E-state index in [2.05, 4.69) is 4.74 Å². The predicted octanol–water partition coefficient (Wildman–Crippen LogP) is 2.51. The lowest BCUT2D eigenvalue weighted by Crippen LogP contribution is -2.30. The maximum atomic E-state index is 12.2. The largest absolute Gasteiger partial charge is 0.465 e. The Morgan fingerprint density at radius 2 is 1.62 bits per heavy atom. The smallest absolute Gasteiger partial charge is 0.338 e. The van der Waals surface area contributed by atoms with E-state index in [0.717, 1.165) is 36.4 Å². The molecule has 0 bridgehead atoms. The number of hydrogen-bond acceptors (Lipinski definition) is 7. The summed E-state index contributed by atoms with van der Waals surface area (Å²) in [6.07, 6.45) is 0. The van der Waals surface area contributed by atoms with Gasteiger partial charge in [-0.3, -0.25) is 14.9 Å². The molecule has 0 aliphatic carbocycles. The number of nitro benzene ring substituents is 1. The Morgan fingerprint density at radius 1 is 1.03 bits per heavy atom. The third-order valence-electron chi connectivity index (χ3n) is 4.08. The van der Waals surface area contributed by atoms with E-state index >= 15 is 0 Å². The Labute approximate surface area is 167 Å². The summed E-state index contributed by atoms with van der Waals surface area (Å²) in [7, 11) is 2.68. The maximum absolute atomic E-state index is 12.2. The molecule has 0 saturated heterocycles. The molecule has 0 unspecified atom stereocenters. The number of benzene rings is 2. The first-order chi connectivity index (χ1) is 13.7. The van der Waals surface area contributed by atoms with Crippen molar-refractivity contribution < 1.29 is 28.8 Å². The summed E-state index contributed by atoms with van der Waals surface area (Å²) >= 11 is 0. The molecule has 0 saturated carbocycles. The van der Waals surface area contributed by atoms with Crippen molar-refractivity contribution in [1.29, 1.82) is 0 Å². The fourth-order valence-corrected chi connectivity index (χ4v) is 2.45. The number of carbonyl (C=O) groups excluding carboxylic acids is 3. The first-order valence-electron chi connectivity index (χ1n) is 8.55. The highest BCUT2D eigenvalue weighted by atomic mass is 16.6. The molecule has 0 aromatic heterocycles. The van der Waals surface area contributed by atoms with Crippen LogP contribution < -0.4 is 0 Å². The number of carbonyl (C=O) groups is 3. The third kappa shape index (κ3) is 5.86. The van der Waals surface area contributed by atoms with Crippen LogP contribution in [0.15, 0.2) is 42.5 Å². The average Bonchev–Trinajstić information content (AvgIpc) is 2.72. The van der Waals surface area contributed by atoms with Crippen molar-refractivity contribution in [3.8, 4) is 0 Å². The fraction of sp³-hybridized carbons (Fsp3) is 0.250. The van der Waals surface area contributed by atoms with Gasteiger partial charge in [0.2, 0.25) is 0 Å². The second-order valence-corrected chi connectivity index (χ2v) is 6.33. The summed E-state index contributed by atoms with van der Waals surface area (Å²) in [6.45, 7) is 1.75. The number of hydrogen-bond donors (Lipinski definition) is 0. The van der Waals surface area contributed by atoms with E-state index in [1.807, 2.05) is 31.2 Å². The minimum Gasteiger partial charge on any atom is -0.465 e. The van der Waals surface area contributed by atoms with Crippen molar-refractivity contribution >= 4 is 23.5 Å². The molecule has 0 spiro atoms. The Morgan fingerprint density at radius 3 is 2.17 bits per heavy atom. The van der Waals surface area contributed by atoms with Crippen LogP contribution in [-0.2, 0) is 20.8 Å². The molecule has 0 aliphatic rings. The topological polar surface area (TPSA) is 116 Å². The third-order valence-corrected chi connectivity index (χ3v) is 4.08. The summed E-state index contributed by atoms with van der Waals surface area (Å²) in [6, 6.07) is 10.7. The second-order valence-electron chi connectivity index (χ2n) is 6.33. The summed E-state index contributed by atoms with van der Waals surface area (Å²) < 4.78 is 9.49. The van der Waals surface area contributed by atoms with Crippen LogP contribution in [0.4, 0.5) is 5.69 Å². The molecule has 152 valence electrons. The van der Waals surface area contributed by atoms with Crippen LogP contribution in [0.2, 0.25) is 0 Å². The average molecular weight is 400 g/mol. The number of nitro groups is 1. The van der Waals surface area contributed by atoms with Crippen molar-refractivity contribution in [2.45, 2.75) is 13.5 Å². The number of likely N-dealkylation sites (N-methyl/N-ethyl adjacent to an activating group) is 1. The number of ether oxygens (including phenoxy) is 2. The van der Waals surface area contributed by atoms with E-state index in [0.29, 0.717) is 6.54 Å². The molecule has 0 radical (unpaired) electrons. The fourth-order valence-electron chi connectivity index (χ4n) is 2.45. The second kappa shape index (κ2) is 9.45. The number of non-ortho nitro benzene ring substituents is 1. The van der Waals surface area contributed by atoms with Crippen molar-refractivity contribution in [2.75, 3.05) is 20.8 Å². The zero-order chi connectivity index (χ0) is 21.6. The Hall–Kier alpha value is -3.75. The Bertz CT molecular complexity index is 938. The molecule has 2 aromatic rings. The molecule has 0 N–H and O–H groups in total. The van der Waals surface area contributed by atoms with Crippen molar-refractivity contribution in [3.63, 3.8) is 0 Å². The summed E-state index contributed by atoms with van der Waals surface area (Å²) in [5.74, 6) is -2.25. The normalized spacial score (nSPS) is 10.2. The number of esters is 2. The SMILES string of the molecule is COC(=O)c1cc(C(=O)OCC(=O)N(C)Cc2ccc(C)cc2)cc([N+](=O)[O-])c1. The molecule has 0 heterocycles. The lowest BCUT2D eigenvalue weighted by molar-refractivity contribution is -0.384. The number of methoxy groups -OCH3 is 1. The molecule has 0 atom stereocenters. The van der Waals surface area contributed by atoms with Gasteiger partial charge in [-0.1, -0.05) is 29.8 Å². The van der Waals surface area contributed by atoms with Gasteiger partial charge in [0.25, 0.3) is 11.6 Å². The quantitative estimate of drug-likeness (QED) is 0.398. The highest BCUT2D eigenvalue weighted by Crippen LogP contribution is 2.19. The monoisotopic (exact) mass is 400 g/mol. The molecule has 9 heteroatoms. The minimum atomic E-state index is -0.962. The van der Waals surface area contributed by atoms with Gasteiger partial charge in [0, 0.05) is 25.7 Å². The van der Waals surface area contributed by atoms with Gasteiger partial charge in [-0.15, -0.1) is 0 Å². The summed E-state index contributed by atoms with van der Waals surface area (Å²) in [4.78, 5) is 47.8. The minimum absolute atomic E-state index is 0.170. The van der Waals surface area contributed by atoms with E-state index in [4.69, 9.17) is 4.74 Å². The molecular formula is C20H20N2O7. The number of amides is 1. The van der Waals surface area contributed by atoms with Gasteiger partial charge in [-0.05, 0) is 18.6 Å². The van der Waals surface area contributed by atoms with Crippen LogP contribution in [0.1, 0.15) is 31.8 Å². The van der Waals surface area contributed by atoms with Gasteiger partial charge in [-0.2, -0.15) is 0 Å². The lowest BCUT2D eigenvalue weighted by Gasteiger charge is -2.17. The molecular weight excluding hydrogens is 380 g/mol. The van der Waals surface area contributed by atoms with Crippen LogP contribution >= 0.6 is 0 Å². The molecule has 9 nitrogen and oxygen atoms in total.